The number of amides is 4. The molecule has 2 fully saturated rings. The van der Waals surface area contributed by atoms with Gasteiger partial charge in [-0.3, -0.25) is 14.5 Å². The minimum atomic E-state index is -0.354. The van der Waals surface area contributed by atoms with Crippen LogP contribution in [0.15, 0.2) is 16.8 Å². The molecule has 18 heavy (non-hydrogen) atoms. The van der Waals surface area contributed by atoms with E-state index in [9.17, 15) is 14.4 Å². The summed E-state index contributed by atoms with van der Waals surface area (Å²) >= 11 is 1.47. The molecule has 0 aromatic carbocycles. The summed E-state index contributed by atoms with van der Waals surface area (Å²) < 4.78 is 0. The van der Waals surface area contributed by atoms with Crippen LogP contribution in [0.1, 0.15) is 10.4 Å². The van der Waals surface area contributed by atoms with Crippen LogP contribution in [-0.4, -0.2) is 53.3 Å². The number of urea groups is 1. The van der Waals surface area contributed by atoms with Crippen molar-refractivity contribution in [3.05, 3.63) is 22.4 Å². The SMILES string of the molecule is O=C(c1ccsc1)N1CC(N2C(=O)CNC2=O)C1. The monoisotopic (exact) mass is 265 g/mol. The molecule has 0 atom stereocenters. The van der Waals surface area contributed by atoms with Gasteiger partial charge in [0, 0.05) is 18.5 Å². The molecule has 1 N–H and O–H groups in total. The Morgan fingerprint density at radius 3 is 2.72 bits per heavy atom. The van der Waals surface area contributed by atoms with Crippen molar-refractivity contribution in [3.63, 3.8) is 0 Å². The van der Waals surface area contributed by atoms with Crippen LogP contribution in [-0.2, 0) is 4.79 Å². The molecule has 1 aromatic heterocycles. The summed E-state index contributed by atoms with van der Waals surface area (Å²) in [6.45, 7) is 0.912. The van der Waals surface area contributed by atoms with E-state index in [1.807, 2.05) is 5.38 Å². The number of nitrogens with one attached hydrogen (secondary N) is 1. The van der Waals surface area contributed by atoms with Crippen LogP contribution in [0.25, 0.3) is 0 Å². The van der Waals surface area contributed by atoms with E-state index in [1.54, 1.807) is 16.3 Å². The van der Waals surface area contributed by atoms with E-state index in [2.05, 4.69) is 5.32 Å². The Labute approximate surface area is 107 Å². The zero-order valence-electron chi connectivity index (χ0n) is 9.46. The van der Waals surface area contributed by atoms with E-state index in [1.165, 1.54) is 16.2 Å². The molecule has 7 heteroatoms. The Morgan fingerprint density at radius 2 is 2.17 bits per heavy atom. The highest BCUT2D eigenvalue weighted by atomic mass is 32.1. The Morgan fingerprint density at radius 1 is 1.39 bits per heavy atom. The third-order valence-corrected chi connectivity index (χ3v) is 3.84. The maximum Gasteiger partial charge on any atom is 0.324 e. The highest BCUT2D eigenvalue weighted by Crippen LogP contribution is 2.20. The minimum Gasteiger partial charge on any atom is -0.334 e. The predicted molar refractivity (Wildman–Crippen MR) is 64.3 cm³/mol. The largest absolute Gasteiger partial charge is 0.334 e. The van der Waals surface area contributed by atoms with E-state index < -0.39 is 0 Å². The van der Waals surface area contributed by atoms with Crippen LogP contribution in [0.5, 0.6) is 0 Å². The van der Waals surface area contributed by atoms with Gasteiger partial charge in [-0.25, -0.2) is 4.79 Å². The van der Waals surface area contributed by atoms with Gasteiger partial charge in [-0.2, -0.15) is 11.3 Å². The van der Waals surface area contributed by atoms with E-state index in [-0.39, 0.29) is 30.4 Å². The Balaban J connectivity index is 1.62. The van der Waals surface area contributed by atoms with Crippen molar-refractivity contribution in [2.45, 2.75) is 6.04 Å². The van der Waals surface area contributed by atoms with Crippen molar-refractivity contribution in [1.29, 1.82) is 0 Å². The van der Waals surface area contributed by atoms with Crippen LogP contribution in [0, 0.1) is 0 Å². The molecule has 0 saturated carbocycles. The fourth-order valence-electron chi connectivity index (χ4n) is 2.16. The van der Waals surface area contributed by atoms with Crippen molar-refractivity contribution in [2.75, 3.05) is 19.6 Å². The Kier molecular flexibility index (Phi) is 2.55. The lowest BCUT2D eigenvalue weighted by Crippen LogP contribution is -2.62. The number of thiophene rings is 1. The highest BCUT2D eigenvalue weighted by Gasteiger charge is 2.43. The van der Waals surface area contributed by atoms with Crippen molar-refractivity contribution in [3.8, 4) is 0 Å². The van der Waals surface area contributed by atoms with E-state index >= 15 is 0 Å². The molecule has 2 saturated heterocycles. The molecule has 2 aliphatic rings. The predicted octanol–water partition coefficient (Wildman–Crippen LogP) is 0.124. The molecule has 1 aromatic rings. The second kappa shape index (κ2) is 4.09. The molecule has 6 nitrogen and oxygen atoms in total. The number of carbonyl (C=O) groups excluding carboxylic acids is 3. The zero-order chi connectivity index (χ0) is 12.7. The maximum atomic E-state index is 11.9. The first kappa shape index (κ1) is 11.2. The number of nitrogens with zero attached hydrogens (tertiary/aromatic N) is 2. The smallest absolute Gasteiger partial charge is 0.324 e. The van der Waals surface area contributed by atoms with Gasteiger partial charge in [-0.1, -0.05) is 0 Å². The maximum absolute atomic E-state index is 11.9. The lowest BCUT2D eigenvalue weighted by atomic mass is 10.1. The van der Waals surface area contributed by atoms with Crippen molar-refractivity contribution < 1.29 is 14.4 Å². The van der Waals surface area contributed by atoms with Crippen molar-refractivity contribution in [1.82, 2.24) is 15.1 Å². The molecule has 3 rings (SSSR count). The second-order valence-electron chi connectivity index (χ2n) is 4.30. The molecule has 0 spiro atoms. The van der Waals surface area contributed by atoms with Gasteiger partial charge in [0.25, 0.3) is 5.91 Å². The van der Waals surface area contributed by atoms with E-state index in [0.717, 1.165) is 0 Å². The molecule has 94 valence electrons. The van der Waals surface area contributed by atoms with Gasteiger partial charge >= 0.3 is 6.03 Å². The molecule has 0 bridgehead atoms. The average Bonchev–Trinajstić information content (AvgIpc) is 2.90. The quantitative estimate of drug-likeness (QED) is 0.772. The third-order valence-electron chi connectivity index (χ3n) is 3.16. The molecular weight excluding hydrogens is 254 g/mol. The van der Waals surface area contributed by atoms with Crippen molar-refractivity contribution in [2.24, 2.45) is 0 Å². The summed E-state index contributed by atoms with van der Waals surface area (Å²) in [6.07, 6.45) is 0. The summed E-state index contributed by atoms with van der Waals surface area (Å²) in [5.74, 6) is -0.257. The van der Waals surface area contributed by atoms with Gasteiger partial charge in [0.1, 0.15) is 0 Å². The van der Waals surface area contributed by atoms with Gasteiger partial charge in [0.2, 0.25) is 5.91 Å². The summed E-state index contributed by atoms with van der Waals surface area (Å²) in [4.78, 5) is 37.7. The van der Waals surface area contributed by atoms with Crippen LogP contribution >= 0.6 is 11.3 Å². The lowest BCUT2D eigenvalue weighted by molar-refractivity contribution is -0.128. The van der Waals surface area contributed by atoms with Crippen LogP contribution in [0.4, 0.5) is 4.79 Å². The van der Waals surface area contributed by atoms with Crippen LogP contribution in [0.3, 0.4) is 0 Å². The number of rotatable bonds is 2. The van der Waals surface area contributed by atoms with E-state index in [4.69, 9.17) is 0 Å². The van der Waals surface area contributed by atoms with Gasteiger partial charge in [0.05, 0.1) is 18.2 Å². The van der Waals surface area contributed by atoms with Gasteiger partial charge < -0.3 is 10.2 Å². The first-order valence-electron chi connectivity index (χ1n) is 5.58. The number of hydrogen-bond donors (Lipinski definition) is 1. The second-order valence-corrected chi connectivity index (χ2v) is 5.08. The van der Waals surface area contributed by atoms with Gasteiger partial charge in [-0.15, -0.1) is 0 Å². The first-order valence-corrected chi connectivity index (χ1v) is 6.52. The van der Waals surface area contributed by atoms with E-state index in [0.29, 0.717) is 18.7 Å². The van der Waals surface area contributed by atoms with Crippen LogP contribution in [0.2, 0.25) is 0 Å². The Bertz CT molecular complexity index is 492. The molecule has 3 heterocycles. The lowest BCUT2D eigenvalue weighted by Gasteiger charge is -2.42. The molecular formula is C11H11N3O3S. The Hall–Kier alpha value is -1.89. The normalized spacial score (nSPS) is 20.0. The number of imide groups is 1. The fourth-order valence-corrected chi connectivity index (χ4v) is 2.79. The van der Waals surface area contributed by atoms with Gasteiger partial charge in [0.15, 0.2) is 0 Å². The van der Waals surface area contributed by atoms with Crippen molar-refractivity contribution >= 4 is 29.2 Å². The number of carbonyl (C=O) groups is 3. The minimum absolute atomic E-state index is 0.0421. The number of likely N-dealkylation sites (tertiary alicyclic amines) is 1. The standard InChI is InChI=1S/C11H11N3O3S/c15-9-3-12-11(17)14(9)8-4-13(5-8)10(16)7-1-2-18-6-7/h1-2,6,8H,3-5H2,(H,12,17). The molecule has 4 amide bonds. The highest BCUT2D eigenvalue weighted by molar-refractivity contribution is 7.08. The summed E-state index contributed by atoms with van der Waals surface area (Å²) in [7, 11) is 0. The molecule has 0 radical (unpaired) electrons. The number of hydrogen-bond acceptors (Lipinski definition) is 4. The van der Waals surface area contributed by atoms with Crippen LogP contribution < -0.4 is 5.32 Å². The summed E-state index contributed by atoms with van der Waals surface area (Å²) in [5.41, 5.74) is 0.663. The summed E-state index contributed by atoms with van der Waals surface area (Å²) in [6, 6.07) is 1.24. The fraction of sp³-hybridized carbons (Fsp3) is 0.364. The molecule has 0 unspecified atom stereocenters. The first-order chi connectivity index (χ1) is 8.66. The topological polar surface area (TPSA) is 69.7 Å². The summed E-state index contributed by atoms with van der Waals surface area (Å²) in [5, 5.41) is 6.12. The van der Waals surface area contributed by atoms with Gasteiger partial charge in [-0.05, 0) is 11.4 Å². The average molecular weight is 265 g/mol. The molecule has 2 aliphatic heterocycles. The zero-order valence-corrected chi connectivity index (χ0v) is 10.3. The molecule has 0 aliphatic carbocycles. The third kappa shape index (κ3) is 1.67.